The molecule has 158 valence electrons. The zero-order chi connectivity index (χ0) is 21.6. The number of hydrogen-bond acceptors (Lipinski definition) is 3. The number of nitrogens with zero attached hydrogens (tertiary/aromatic N) is 2. The number of amides is 1. The van der Waals surface area contributed by atoms with Crippen LogP contribution in [0.3, 0.4) is 0 Å². The molecule has 0 spiro atoms. The maximum absolute atomic E-state index is 13.2. The van der Waals surface area contributed by atoms with Gasteiger partial charge in [0.05, 0.1) is 0 Å². The van der Waals surface area contributed by atoms with Gasteiger partial charge < -0.3 is 0 Å². The van der Waals surface area contributed by atoms with E-state index >= 15 is 0 Å². The Labute approximate surface area is 196 Å². The van der Waals surface area contributed by atoms with Crippen LogP contribution in [0.4, 0.5) is 5.69 Å². The second kappa shape index (κ2) is 8.58. The van der Waals surface area contributed by atoms with Crippen LogP contribution in [0.5, 0.6) is 0 Å². The summed E-state index contributed by atoms with van der Waals surface area (Å²) in [6.45, 7) is 15.4. The number of hydrogen-bond donors (Lipinski definition) is 0. The van der Waals surface area contributed by atoms with Crippen LogP contribution in [0.15, 0.2) is 37.8 Å². The Morgan fingerprint density at radius 1 is 1.31 bits per heavy atom. The molecule has 2 saturated heterocycles. The van der Waals surface area contributed by atoms with Crippen LogP contribution in [-0.2, 0) is 9.22 Å². The molecule has 0 aliphatic carbocycles. The molecule has 7 heteroatoms. The molecule has 0 unspecified atom stereocenters. The van der Waals surface area contributed by atoms with E-state index in [9.17, 15) is 4.79 Å². The van der Waals surface area contributed by atoms with Crippen molar-refractivity contribution in [2.75, 3.05) is 0 Å². The molecule has 2 aliphatic rings. The van der Waals surface area contributed by atoms with Crippen molar-refractivity contribution in [1.82, 2.24) is 4.90 Å². The Hall–Kier alpha value is -0.474. The van der Waals surface area contributed by atoms with Crippen molar-refractivity contribution in [3.8, 4) is 0 Å². The van der Waals surface area contributed by atoms with Crippen molar-refractivity contribution in [3.05, 3.63) is 38.4 Å². The van der Waals surface area contributed by atoms with Crippen molar-refractivity contribution >= 4 is 62.2 Å². The SMILES string of the molecule is Cc1ccc(N=C2[Se]/C(=C\I)C[C@@H]3[C@@H]([C@@H](C)O[Si](C)(C)C(C)(C)C)C(=O)N23)cc1. The third-order valence-electron chi connectivity index (χ3n) is 6.28. The molecule has 0 N–H and O–H groups in total. The van der Waals surface area contributed by atoms with Gasteiger partial charge in [0.25, 0.3) is 0 Å². The molecule has 1 aromatic rings. The second-order valence-electron chi connectivity index (χ2n) is 9.50. The summed E-state index contributed by atoms with van der Waals surface area (Å²) >= 11 is 2.42. The quantitative estimate of drug-likeness (QED) is 0.261. The third-order valence-corrected chi connectivity index (χ3v) is 14.7. The van der Waals surface area contributed by atoms with E-state index in [1.54, 1.807) is 0 Å². The first kappa shape index (κ1) is 23.2. The number of fused-ring (bicyclic) bond motifs is 1. The molecule has 29 heavy (non-hydrogen) atoms. The Morgan fingerprint density at radius 3 is 2.48 bits per heavy atom. The van der Waals surface area contributed by atoms with Crippen molar-refractivity contribution < 1.29 is 9.22 Å². The molecule has 3 atom stereocenters. The van der Waals surface area contributed by atoms with Gasteiger partial charge in [-0.05, 0) is 0 Å². The first-order chi connectivity index (χ1) is 13.4. The number of carbonyl (C=O) groups excluding carboxylic acids is 1. The van der Waals surface area contributed by atoms with E-state index in [4.69, 9.17) is 9.42 Å². The number of benzene rings is 1. The van der Waals surface area contributed by atoms with Gasteiger partial charge >= 0.3 is 197 Å². The zero-order valence-corrected chi connectivity index (χ0v) is 23.2. The topological polar surface area (TPSA) is 41.9 Å². The van der Waals surface area contributed by atoms with Crippen molar-refractivity contribution in [1.29, 1.82) is 0 Å². The van der Waals surface area contributed by atoms with Crippen LogP contribution in [0.1, 0.15) is 39.7 Å². The van der Waals surface area contributed by atoms with Gasteiger partial charge in [-0.15, -0.1) is 0 Å². The Kier molecular flexibility index (Phi) is 6.86. The first-order valence-corrected chi connectivity index (χ1v) is 15.9. The van der Waals surface area contributed by atoms with Crippen LogP contribution in [0, 0.1) is 12.8 Å². The summed E-state index contributed by atoms with van der Waals surface area (Å²) < 4.78 is 11.1. The molecule has 2 fully saturated rings. The van der Waals surface area contributed by atoms with E-state index in [-0.39, 0.29) is 44.0 Å². The Bertz CT molecular complexity index is 845. The number of rotatable bonds is 4. The van der Waals surface area contributed by atoms with E-state index < -0.39 is 8.32 Å². The minimum absolute atomic E-state index is 0.0636. The molecule has 1 amide bonds. The molecule has 2 heterocycles. The molecule has 2 aliphatic heterocycles. The van der Waals surface area contributed by atoms with Crippen molar-refractivity contribution in [2.45, 2.75) is 71.3 Å². The van der Waals surface area contributed by atoms with Gasteiger partial charge in [-0.2, -0.15) is 0 Å². The van der Waals surface area contributed by atoms with Gasteiger partial charge in [-0.1, -0.05) is 0 Å². The van der Waals surface area contributed by atoms with Crippen LogP contribution in [-0.4, -0.2) is 51.0 Å². The van der Waals surface area contributed by atoms with Crippen LogP contribution in [0.25, 0.3) is 0 Å². The molecule has 0 saturated carbocycles. The van der Waals surface area contributed by atoms with Gasteiger partial charge in [-0.3, -0.25) is 0 Å². The number of carbonyl (C=O) groups is 1. The van der Waals surface area contributed by atoms with Gasteiger partial charge in [0.1, 0.15) is 0 Å². The summed E-state index contributed by atoms with van der Waals surface area (Å²) in [6.07, 6.45) is 0.878. The maximum atomic E-state index is 13.2. The van der Waals surface area contributed by atoms with Gasteiger partial charge in [-0.25, -0.2) is 0 Å². The Morgan fingerprint density at radius 2 is 1.93 bits per heavy atom. The normalized spacial score (nSPS) is 26.5. The fraction of sp³-hybridized carbons (Fsp3) is 0.545. The molecular formula is C22H31IN2O2SeSi. The number of aryl methyl sites for hydroxylation is 1. The summed E-state index contributed by atoms with van der Waals surface area (Å²) in [5.74, 6) is 0.108. The summed E-state index contributed by atoms with van der Waals surface area (Å²) in [6, 6.07) is 8.36. The molecular weight excluding hydrogens is 558 g/mol. The van der Waals surface area contributed by atoms with Gasteiger partial charge in [0, 0.05) is 0 Å². The van der Waals surface area contributed by atoms with Gasteiger partial charge in [0.2, 0.25) is 0 Å². The van der Waals surface area contributed by atoms with Crippen molar-refractivity contribution in [3.63, 3.8) is 0 Å². The number of β-lactam (4-membered cyclic amide) rings is 1. The summed E-state index contributed by atoms with van der Waals surface area (Å²) in [7, 11) is -1.92. The molecule has 0 aromatic heterocycles. The fourth-order valence-corrected chi connectivity index (χ4v) is 8.00. The standard InChI is InChI=1S/C22H31IN2O2SeSi/c1-14-8-10-16(11-9-14)24-21-25-18(12-17(13-23)28-21)19(20(25)26)15(2)27-29(6,7)22(3,4)5/h8-11,13,15,18-19H,12H2,1-7H3/b17-13-,24-21?/t15-,18-,19-/m1/s1. The fourth-order valence-electron chi connectivity index (χ4n) is 3.54. The third kappa shape index (κ3) is 4.74. The summed E-state index contributed by atoms with van der Waals surface area (Å²) in [5.41, 5.74) is 2.13. The molecule has 0 radical (unpaired) electrons. The number of aliphatic imine (C=N–C) groups is 1. The minimum atomic E-state index is -1.92. The molecule has 4 nitrogen and oxygen atoms in total. The van der Waals surface area contributed by atoms with Crippen LogP contribution in [0.2, 0.25) is 18.1 Å². The predicted octanol–water partition coefficient (Wildman–Crippen LogP) is 5.60. The second-order valence-corrected chi connectivity index (χ2v) is 17.2. The van der Waals surface area contributed by atoms with Crippen molar-refractivity contribution in [2.24, 2.45) is 10.9 Å². The van der Waals surface area contributed by atoms with Gasteiger partial charge in [0.15, 0.2) is 0 Å². The first-order valence-electron chi connectivity index (χ1n) is 10.1. The van der Waals surface area contributed by atoms with E-state index in [0.717, 1.165) is 16.8 Å². The molecule has 0 bridgehead atoms. The van der Waals surface area contributed by atoms with E-state index in [1.165, 1.54) is 10.0 Å². The number of halogens is 1. The van der Waals surface area contributed by atoms with E-state index in [1.807, 2.05) is 17.0 Å². The van der Waals surface area contributed by atoms with E-state index in [0.29, 0.717) is 0 Å². The van der Waals surface area contributed by atoms with Crippen LogP contribution < -0.4 is 0 Å². The van der Waals surface area contributed by atoms with E-state index in [2.05, 4.69) is 86.5 Å². The monoisotopic (exact) mass is 590 g/mol. The average molecular weight is 589 g/mol. The molecule has 1 aromatic carbocycles. The Balaban J connectivity index is 1.84. The summed E-state index contributed by atoms with van der Waals surface area (Å²) in [4.78, 5) is 20.0. The molecule has 3 rings (SSSR count). The number of amidine groups is 1. The predicted molar refractivity (Wildman–Crippen MR) is 133 cm³/mol. The van der Waals surface area contributed by atoms with Crippen LogP contribution >= 0.6 is 22.6 Å². The zero-order valence-electron chi connectivity index (χ0n) is 18.3. The summed E-state index contributed by atoms with van der Waals surface area (Å²) in [5, 5.41) is 0.134. The average Bonchev–Trinajstić information content (AvgIpc) is 2.61.